The molecule has 0 amide bonds. The predicted molar refractivity (Wildman–Crippen MR) is 283 cm³/mol. The van der Waals surface area contributed by atoms with Crippen LogP contribution in [0.15, 0.2) is 241 Å². The standard InChI is InChI=1S/C63H39N5O/c1-4-17-40(18-5-1)41-31-33-46(34-32-41)67-54-28-13-10-25-48(54)50-35-36-51-49-26-11-14-29-55(49)68(60(51)59(50)67)47-24-16-23-44(37-47)62-64-61(43-21-8-3-9-22-43)65-63(66-62)45-38-53(42-19-6-2-7-20-42)58-52-27-12-15-30-56(52)69-57(58)39-45/h1-39H. The molecule has 0 atom stereocenters. The van der Waals surface area contributed by atoms with Crippen LogP contribution in [0.4, 0.5) is 0 Å². The Morgan fingerprint density at radius 1 is 0.290 bits per heavy atom. The first-order valence-corrected chi connectivity index (χ1v) is 23.3. The Labute approximate surface area is 396 Å². The van der Waals surface area contributed by atoms with Crippen LogP contribution >= 0.6 is 0 Å². The van der Waals surface area contributed by atoms with E-state index in [-0.39, 0.29) is 0 Å². The summed E-state index contributed by atoms with van der Waals surface area (Å²) in [6.07, 6.45) is 0. The van der Waals surface area contributed by atoms with E-state index in [1.807, 2.05) is 36.4 Å². The Balaban J connectivity index is 0.993. The molecule has 4 heterocycles. The van der Waals surface area contributed by atoms with Gasteiger partial charge >= 0.3 is 0 Å². The number of furan rings is 1. The first kappa shape index (κ1) is 38.8. The van der Waals surface area contributed by atoms with E-state index in [0.29, 0.717) is 17.5 Å². The lowest BCUT2D eigenvalue weighted by Crippen LogP contribution is -2.02. The van der Waals surface area contributed by atoms with E-state index in [2.05, 4.69) is 209 Å². The molecule has 14 rings (SSSR count). The Morgan fingerprint density at radius 2 is 0.783 bits per heavy atom. The van der Waals surface area contributed by atoms with E-state index in [0.717, 1.165) is 83.2 Å². The Morgan fingerprint density at radius 3 is 1.43 bits per heavy atom. The number of fused-ring (bicyclic) bond motifs is 10. The summed E-state index contributed by atoms with van der Waals surface area (Å²) in [5, 5.41) is 6.89. The van der Waals surface area contributed by atoms with E-state index in [1.165, 1.54) is 32.7 Å². The lowest BCUT2D eigenvalue weighted by Gasteiger charge is -2.14. The number of para-hydroxylation sites is 3. The minimum atomic E-state index is 0.560. The van der Waals surface area contributed by atoms with E-state index < -0.39 is 0 Å². The SMILES string of the molecule is c1ccc(-c2ccc(-n3c4ccccc4c4ccc5c6ccccc6n(-c6cccc(-c7nc(-c8ccccc8)nc(-c8cc(-c9ccccc9)c9c(c8)oc8ccccc89)n7)c6)c5c43)cc2)cc1. The lowest BCUT2D eigenvalue weighted by molar-refractivity contribution is 0.669. The van der Waals surface area contributed by atoms with Gasteiger partial charge in [0.1, 0.15) is 11.2 Å². The van der Waals surface area contributed by atoms with Crippen molar-refractivity contribution in [1.29, 1.82) is 0 Å². The van der Waals surface area contributed by atoms with E-state index in [4.69, 9.17) is 19.4 Å². The Hall–Kier alpha value is -9.39. The van der Waals surface area contributed by atoms with E-state index in [1.54, 1.807) is 0 Å². The highest BCUT2D eigenvalue weighted by atomic mass is 16.3. The highest BCUT2D eigenvalue weighted by Crippen LogP contribution is 2.43. The van der Waals surface area contributed by atoms with Gasteiger partial charge in [0.2, 0.25) is 0 Å². The van der Waals surface area contributed by atoms with Crippen molar-refractivity contribution in [3.8, 4) is 67.8 Å². The van der Waals surface area contributed by atoms with Crippen LogP contribution in [0.1, 0.15) is 0 Å². The topological polar surface area (TPSA) is 61.7 Å². The minimum absolute atomic E-state index is 0.560. The third-order valence-corrected chi connectivity index (χ3v) is 13.6. The maximum absolute atomic E-state index is 6.57. The molecule has 0 aliphatic heterocycles. The zero-order chi connectivity index (χ0) is 45.4. The van der Waals surface area contributed by atoms with Gasteiger partial charge in [-0.05, 0) is 76.9 Å². The predicted octanol–water partition coefficient (Wildman–Crippen LogP) is 16.3. The van der Waals surface area contributed by atoms with Crippen LogP contribution in [0.3, 0.4) is 0 Å². The molecular formula is C63H39N5O. The van der Waals surface area contributed by atoms with Gasteiger partial charge < -0.3 is 13.6 Å². The second kappa shape index (κ2) is 15.6. The molecule has 0 N–H and O–H groups in total. The summed E-state index contributed by atoms with van der Waals surface area (Å²) in [4.78, 5) is 15.7. The number of rotatable bonds is 7. The van der Waals surface area contributed by atoms with Crippen LogP contribution in [-0.2, 0) is 0 Å². The normalized spacial score (nSPS) is 11.8. The average Bonchev–Trinajstić information content (AvgIpc) is 4.09. The van der Waals surface area contributed by atoms with Crippen LogP contribution in [-0.4, -0.2) is 24.1 Å². The van der Waals surface area contributed by atoms with Crippen molar-refractivity contribution in [3.63, 3.8) is 0 Å². The molecule has 4 aromatic heterocycles. The third-order valence-electron chi connectivity index (χ3n) is 13.6. The summed E-state index contributed by atoms with van der Waals surface area (Å²) >= 11 is 0. The number of nitrogens with zero attached hydrogens (tertiary/aromatic N) is 5. The summed E-state index contributed by atoms with van der Waals surface area (Å²) < 4.78 is 11.4. The summed E-state index contributed by atoms with van der Waals surface area (Å²) in [5.41, 5.74) is 15.4. The number of hydrogen-bond donors (Lipinski definition) is 0. The molecule has 0 radical (unpaired) electrons. The van der Waals surface area contributed by atoms with Crippen LogP contribution in [0.25, 0.3) is 133 Å². The van der Waals surface area contributed by atoms with Crippen molar-refractivity contribution in [2.75, 3.05) is 0 Å². The smallest absolute Gasteiger partial charge is 0.164 e. The number of hydrogen-bond acceptors (Lipinski definition) is 4. The van der Waals surface area contributed by atoms with Crippen molar-refractivity contribution in [1.82, 2.24) is 24.1 Å². The second-order valence-electron chi connectivity index (χ2n) is 17.6. The van der Waals surface area contributed by atoms with Gasteiger partial charge in [-0.15, -0.1) is 0 Å². The zero-order valence-corrected chi connectivity index (χ0v) is 37.2. The fraction of sp³-hybridized carbons (Fsp3) is 0. The lowest BCUT2D eigenvalue weighted by atomic mass is 9.97. The first-order chi connectivity index (χ1) is 34.2. The fourth-order valence-corrected chi connectivity index (χ4v) is 10.4. The average molecular weight is 882 g/mol. The molecule has 0 saturated heterocycles. The first-order valence-electron chi connectivity index (χ1n) is 23.3. The molecule has 0 saturated carbocycles. The van der Waals surface area contributed by atoms with Gasteiger partial charge in [-0.25, -0.2) is 15.0 Å². The van der Waals surface area contributed by atoms with E-state index in [9.17, 15) is 0 Å². The highest BCUT2D eigenvalue weighted by Gasteiger charge is 2.23. The van der Waals surface area contributed by atoms with Crippen molar-refractivity contribution < 1.29 is 4.42 Å². The zero-order valence-electron chi connectivity index (χ0n) is 37.2. The largest absolute Gasteiger partial charge is 0.456 e. The maximum Gasteiger partial charge on any atom is 0.164 e. The van der Waals surface area contributed by atoms with Crippen LogP contribution < -0.4 is 0 Å². The van der Waals surface area contributed by atoms with E-state index >= 15 is 0 Å². The number of aromatic nitrogens is 5. The molecule has 14 aromatic rings. The molecular weight excluding hydrogens is 843 g/mol. The molecule has 6 heteroatoms. The van der Waals surface area contributed by atoms with Gasteiger partial charge in [-0.3, -0.25) is 0 Å². The Kier molecular flexibility index (Phi) is 8.79. The van der Waals surface area contributed by atoms with Crippen molar-refractivity contribution >= 4 is 65.6 Å². The van der Waals surface area contributed by atoms with Crippen molar-refractivity contribution in [2.45, 2.75) is 0 Å². The quantitative estimate of drug-likeness (QED) is 0.160. The molecule has 6 nitrogen and oxygen atoms in total. The summed E-state index contributed by atoms with van der Waals surface area (Å²) in [6.45, 7) is 0. The number of benzene rings is 10. The summed E-state index contributed by atoms with van der Waals surface area (Å²) in [6, 6.07) is 83.3. The monoisotopic (exact) mass is 881 g/mol. The second-order valence-corrected chi connectivity index (χ2v) is 17.6. The fourth-order valence-electron chi connectivity index (χ4n) is 10.4. The molecule has 0 bridgehead atoms. The van der Waals surface area contributed by atoms with Crippen molar-refractivity contribution in [2.24, 2.45) is 0 Å². The molecule has 0 unspecified atom stereocenters. The molecule has 322 valence electrons. The molecule has 0 aliphatic rings. The van der Waals surface area contributed by atoms with Crippen LogP contribution in [0.5, 0.6) is 0 Å². The van der Waals surface area contributed by atoms with Gasteiger partial charge in [-0.2, -0.15) is 0 Å². The highest BCUT2D eigenvalue weighted by molar-refractivity contribution is 6.24. The van der Waals surface area contributed by atoms with Gasteiger partial charge in [0.05, 0.1) is 22.1 Å². The van der Waals surface area contributed by atoms with Crippen molar-refractivity contribution in [3.05, 3.63) is 237 Å². The van der Waals surface area contributed by atoms with Gasteiger partial charge in [-0.1, -0.05) is 182 Å². The maximum atomic E-state index is 6.57. The van der Waals surface area contributed by atoms with Crippen LogP contribution in [0, 0.1) is 0 Å². The minimum Gasteiger partial charge on any atom is -0.456 e. The summed E-state index contributed by atoms with van der Waals surface area (Å²) in [5.74, 6) is 1.73. The Bertz CT molecular complexity index is 4280. The summed E-state index contributed by atoms with van der Waals surface area (Å²) in [7, 11) is 0. The van der Waals surface area contributed by atoms with Gasteiger partial charge in [0.25, 0.3) is 0 Å². The van der Waals surface area contributed by atoms with Crippen LogP contribution in [0.2, 0.25) is 0 Å². The molecule has 0 fully saturated rings. The molecule has 10 aromatic carbocycles. The van der Waals surface area contributed by atoms with Gasteiger partial charge in [0.15, 0.2) is 17.5 Å². The molecule has 69 heavy (non-hydrogen) atoms. The van der Waals surface area contributed by atoms with Gasteiger partial charge in [0, 0.05) is 60.4 Å². The third kappa shape index (κ3) is 6.30. The molecule has 0 spiro atoms. The molecule has 0 aliphatic carbocycles.